The van der Waals surface area contributed by atoms with Gasteiger partial charge in [-0.1, -0.05) is 32.0 Å². The van der Waals surface area contributed by atoms with E-state index in [0.717, 1.165) is 41.6 Å². The molecule has 0 atom stereocenters. The smallest absolute Gasteiger partial charge is 0.250 e. The number of hydrogen-bond donors (Lipinski definition) is 1. The van der Waals surface area contributed by atoms with Crippen molar-refractivity contribution >= 4 is 16.8 Å². The third-order valence-corrected chi connectivity index (χ3v) is 7.10. The fourth-order valence-corrected chi connectivity index (χ4v) is 5.37. The third-order valence-electron chi connectivity index (χ3n) is 7.10. The van der Waals surface area contributed by atoms with Gasteiger partial charge in [0.15, 0.2) is 0 Å². The molecule has 1 aliphatic heterocycles. The minimum atomic E-state index is -0.329. The number of rotatable bonds is 4. The van der Waals surface area contributed by atoms with Crippen molar-refractivity contribution in [2.75, 3.05) is 13.1 Å². The fraction of sp³-hybridized carbons (Fsp3) is 0.609. The van der Waals surface area contributed by atoms with Crippen molar-refractivity contribution in [1.82, 2.24) is 9.47 Å². The highest BCUT2D eigenvalue weighted by atomic mass is 16.1. The largest absolute Gasteiger partial charge is 0.366 e. The van der Waals surface area contributed by atoms with Crippen molar-refractivity contribution in [2.24, 2.45) is 17.6 Å². The lowest BCUT2D eigenvalue weighted by molar-refractivity contribution is 0.0893. The number of primary amides is 1. The molecule has 4 rings (SSSR count). The highest BCUT2D eigenvalue weighted by Gasteiger charge is 2.30. The molecular weight excluding hydrogens is 334 g/mol. The predicted molar refractivity (Wildman–Crippen MR) is 111 cm³/mol. The number of amides is 1. The van der Waals surface area contributed by atoms with Crippen LogP contribution in [0, 0.1) is 11.8 Å². The summed E-state index contributed by atoms with van der Waals surface area (Å²) >= 11 is 0. The Morgan fingerprint density at radius 2 is 1.67 bits per heavy atom. The van der Waals surface area contributed by atoms with Gasteiger partial charge in [0, 0.05) is 42.3 Å². The number of hydrogen-bond acceptors (Lipinski definition) is 2. The molecule has 2 N–H and O–H groups in total. The van der Waals surface area contributed by atoms with E-state index in [-0.39, 0.29) is 5.91 Å². The van der Waals surface area contributed by atoms with Gasteiger partial charge in [0.05, 0.1) is 5.56 Å². The van der Waals surface area contributed by atoms with Crippen molar-refractivity contribution in [1.29, 1.82) is 0 Å². The number of carbonyl (C=O) groups is 1. The number of para-hydroxylation sites is 1. The molecule has 4 heteroatoms. The van der Waals surface area contributed by atoms with Gasteiger partial charge < -0.3 is 15.2 Å². The lowest BCUT2D eigenvalue weighted by atomic mass is 9.79. The zero-order valence-corrected chi connectivity index (χ0v) is 16.7. The van der Waals surface area contributed by atoms with Crippen molar-refractivity contribution in [3.63, 3.8) is 0 Å². The average molecular weight is 368 g/mol. The van der Waals surface area contributed by atoms with E-state index in [0.29, 0.717) is 11.6 Å². The summed E-state index contributed by atoms with van der Waals surface area (Å²) in [5.41, 5.74) is 7.41. The van der Waals surface area contributed by atoms with Crippen LogP contribution in [0.1, 0.15) is 68.8 Å². The maximum Gasteiger partial charge on any atom is 0.250 e. The van der Waals surface area contributed by atoms with Crippen LogP contribution in [0.25, 0.3) is 10.9 Å². The van der Waals surface area contributed by atoms with Gasteiger partial charge in [0.25, 0.3) is 5.91 Å². The second kappa shape index (κ2) is 7.67. The molecule has 1 amide bonds. The number of benzene rings is 1. The Bertz CT molecular complexity index is 793. The van der Waals surface area contributed by atoms with Gasteiger partial charge in [-0.05, 0) is 56.4 Å². The number of fused-ring (bicyclic) bond motifs is 1. The minimum Gasteiger partial charge on any atom is -0.366 e. The molecule has 0 bridgehead atoms. The molecule has 1 aliphatic carbocycles. The van der Waals surface area contributed by atoms with Gasteiger partial charge in [0.1, 0.15) is 0 Å². The summed E-state index contributed by atoms with van der Waals surface area (Å²) in [6, 6.07) is 9.39. The molecule has 146 valence electrons. The summed E-state index contributed by atoms with van der Waals surface area (Å²) in [6.07, 6.45) is 9.82. The van der Waals surface area contributed by atoms with E-state index in [2.05, 4.69) is 29.4 Å². The molecule has 27 heavy (non-hydrogen) atoms. The number of nitrogens with two attached hydrogens (primary N) is 1. The molecule has 1 aromatic heterocycles. The lowest BCUT2D eigenvalue weighted by Crippen LogP contribution is -2.43. The van der Waals surface area contributed by atoms with Crippen LogP contribution in [-0.2, 0) is 0 Å². The lowest BCUT2D eigenvalue weighted by Gasteiger charge is -2.42. The van der Waals surface area contributed by atoms with Crippen LogP contribution in [0.5, 0.6) is 0 Å². The Labute approximate surface area is 162 Å². The maximum atomic E-state index is 11.8. The monoisotopic (exact) mass is 367 g/mol. The minimum absolute atomic E-state index is 0.329. The van der Waals surface area contributed by atoms with Crippen LogP contribution in [0.2, 0.25) is 0 Å². The summed E-state index contributed by atoms with van der Waals surface area (Å²) in [6.45, 7) is 7.08. The van der Waals surface area contributed by atoms with Crippen LogP contribution in [0.4, 0.5) is 0 Å². The Hall–Kier alpha value is -1.81. The summed E-state index contributed by atoms with van der Waals surface area (Å²) < 4.78 is 2.31. The van der Waals surface area contributed by atoms with E-state index in [1.807, 2.05) is 24.4 Å². The normalized spacial score (nSPS) is 25.3. The molecule has 2 heterocycles. The molecule has 1 saturated heterocycles. The molecule has 4 nitrogen and oxygen atoms in total. The summed E-state index contributed by atoms with van der Waals surface area (Å²) in [7, 11) is 0. The van der Waals surface area contributed by atoms with Crippen LogP contribution < -0.4 is 5.73 Å². The molecule has 0 spiro atoms. The first kappa shape index (κ1) is 18.5. The van der Waals surface area contributed by atoms with E-state index in [4.69, 9.17) is 5.73 Å². The van der Waals surface area contributed by atoms with Crippen LogP contribution >= 0.6 is 0 Å². The van der Waals surface area contributed by atoms with Crippen LogP contribution in [-0.4, -0.2) is 34.5 Å². The summed E-state index contributed by atoms with van der Waals surface area (Å²) in [5.74, 6) is 1.43. The number of likely N-dealkylation sites (tertiary alicyclic amines) is 1. The first-order valence-corrected chi connectivity index (χ1v) is 10.7. The Morgan fingerprint density at radius 1 is 1.00 bits per heavy atom. The highest BCUT2D eigenvalue weighted by Crippen LogP contribution is 2.35. The maximum absolute atomic E-state index is 11.8. The van der Waals surface area contributed by atoms with E-state index >= 15 is 0 Å². The van der Waals surface area contributed by atoms with Crippen molar-refractivity contribution in [3.05, 3.63) is 36.0 Å². The van der Waals surface area contributed by atoms with E-state index in [1.54, 1.807) is 0 Å². The predicted octanol–water partition coefficient (Wildman–Crippen LogP) is 4.59. The van der Waals surface area contributed by atoms with Crippen LogP contribution in [0.15, 0.2) is 30.5 Å². The molecule has 2 fully saturated rings. The summed E-state index contributed by atoms with van der Waals surface area (Å²) in [5, 5.41) is 0.986. The van der Waals surface area contributed by atoms with Gasteiger partial charge in [-0.3, -0.25) is 4.79 Å². The second-order valence-electron chi connectivity index (χ2n) is 8.91. The third kappa shape index (κ3) is 3.64. The zero-order chi connectivity index (χ0) is 19.0. The van der Waals surface area contributed by atoms with Crippen molar-refractivity contribution < 1.29 is 4.79 Å². The van der Waals surface area contributed by atoms with Gasteiger partial charge >= 0.3 is 0 Å². The van der Waals surface area contributed by atoms with Crippen molar-refractivity contribution in [3.8, 4) is 0 Å². The number of aromatic nitrogens is 1. The number of carbonyl (C=O) groups excluding carboxylic acids is 1. The molecule has 1 saturated carbocycles. The second-order valence-corrected chi connectivity index (χ2v) is 8.91. The van der Waals surface area contributed by atoms with Crippen molar-refractivity contribution in [2.45, 2.75) is 64.5 Å². The zero-order valence-electron chi connectivity index (χ0n) is 16.7. The summed E-state index contributed by atoms with van der Waals surface area (Å²) in [4.78, 5) is 14.6. The Kier molecular flexibility index (Phi) is 5.27. The molecule has 0 unspecified atom stereocenters. The standard InChI is InChI=1S/C23H33N3O/c1-16(2)17-7-9-18(10-8-17)25-13-11-19(12-14-25)26-15-21(23(24)27)20-5-3-4-6-22(20)26/h3-6,15-19H,7-14H2,1-2H3,(H2,24,27). The SMILES string of the molecule is CC(C)C1CCC(N2CCC(n3cc(C(N)=O)c4ccccc43)CC2)CC1. The fourth-order valence-electron chi connectivity index (χ4n) is 5.37. The van der Waals surface area contributed by atoms with Gasteiger partial charge in [0.2, 0.25) is 0 Å². The van der Waals surface area contributed by atoms with E-state index in [1.165, 1.54) is 38.8 Å². The Morgan fingerprint density at radius 3 is 2.30 bits per heavy atom. The molecule has 1 aromatic carbocycles. The number of piperidine rings is 1. The Balaban J connectivity index is 1.43. The average Bonchev–Trinajstić information content (AvgIpc) is 3.08. The first-order chi connectivity index (χ1) is 13.0. The number of nitrogens with zero attached hydrogens (tertiary/aromatic N) is 2. The molecular formula is C23H33N3O. The van der Waals surface area contributed by atoms with Gasteiger partial charge in [-0.2, -0.15) is 0 Å². The topological polar surface area (TPSA) is 51.3 Å². The van der Waals surface area contributed by atoms with Crippen LogP contribution in [0.3, 0.4) is 0 Å². The molecule has 2 aliphatic rings. The first-order valence-electron chi connectivity index (χ1n) is 10.7. The molecule has 0 radical (unpaired) electrons. The van der Waals surface area contributed by atoms with E-state index in [9.17, 15) is 4.79 Å². The van der Waals surface area contributed by atoms with E-state index < -0.39 is 0 Å². The van der Waals surface area contributed by atoms with Gasteiger partial charge in [-0.15, -0.1) is 0 Å². The van der Waals surface area contributed by atoms with Gasteiger partial charge in [-0.25, -0.2) is 0 Å². The highest BCUT2D eigenvalue weighted by molar-refractivity contribution is 6.06. The molecule has 2 aromatic rings. The quantitative estimate of drug-likeness (QED) is 0.859.